The van der Waals surface area contributed by atoms with Gasteiger partial charge in [0.25, 0.3) is 0 Å². The maximum atomic E-state index is 10.3. The van der Waals surface area contributed by atoms with Gasteiger partial charge in [0.1, 0.15) is 0 Å². The minimum absolute atomic E-state index is 0. The minimum Gasteiger partial charge on any atom is -0.873 e. The molecule has 2 aromatic rings. The first-order chi connectivity index (χ1) is 7.61. The fourth-order valence-corrected chi connectivity index (χ4v) is 0.914. The molecule has 0 spiro atoms. The second kappa shape index (κ2) is 7.52. The first kappa shape index (κ1) is 15.3. The second-order valence-corrected chi connectivity index (χ2v) is 2.94. The molecular formula is C12H10O4Zn. The standard InChI is InChI=1S/2C6H6O2.Zn/c2*7-5-3-1-2-4-6(5)8;/h2*1-4,7-8H;/q;;+2/p-2. The van der Waals surface area contributed by atoms with Crippen LogP contribution in [0.5, 0.6) is 23.0 Å². The van der Waals surface area contributed by atoms with Crippen LogP contribution in [0.4, 0.5) is 0 Å². The smallest absolute Gasteiger partial charge is 0.873 e. The van der Waals surface area contributed by atoms with Crippen LogP contribution in [0.2, 0.25) is 0 Å². The van der Waals surface area contributed by atoms with Crippen molar-refractivity contribution in [1.82, 2.24) is 0 Å². The number of benzene rings is 2. The van der Waals surface area contributed by atoms with Gasteiger partial charge >= 0.3 is 19.5 Å². The number of hydrogen-bond acceptors (Lipinski definition) is 4. The third-order valence-electron chi connectivity index (χ3n) is 1.73. The second-order valence-electron chi connectivity index (χ2n) is 2.94. The summed E-state index contributed by atoms with van der Waals surface area (Å²) >= 11 is 0. The molecule has 0 aliphatic carbocycles. The molecule has 84 valence electrons. The Kier molecular flexibility index (Phi) is 6.75. The Hall–Kier alpha value is -1.74. The SMILES string of the molecule is Oc1ccccc1O.[O-]c1ccccc1[O-].[Zn+2]. The topological polar surface area (TPSA) is 86.6 Å². The van der Waals surface area contributed by atoms with Gasteiger partial charge in [-0.25, -0.2) is 0 Å². The van der Waals surface area contributed by atoms with Crippen LogP contribution in [0.3, 0.4) is 0 Å². The zero-order chi connectivity index (χ0) is 12.0. The zero-order valence-corrected chi connectivity index (χ0v) is 12.0. The van der Waals surface area contributed by atoms with E-state index in [0.717, 1.165) is 0 Å². The summed E-state index contributed by atoms with van der Waals surface area (Å²) in [5, 5.41) is 38.0. The van der Waals surface area contributed by atoms with Gasteiger partial charge in [0, 0.05) is 0 Å². The van der Waals surface area contributed by atoms with Crippen molar-refractivity contribution in [1.29, 1.82) is 0 Å². The molecule has 0 atom stereocenters. The molecule has 2 N–H and O–H groups in total. The number of rotatable bonds is 0. The van der Waals surface area contributed by atoms with Crippen LogP contribution >= 0.6 is 0 Å². The Morgan fingerprint density at radius 3 is 1.18 bits per heavy atom. The molecule has 0 aromatic heterocycles. The molecule has 0 heterocycles. The van der Waals surface area contributed by atoms with Crippen molar-refractivity contribution in [3.05, 3.63) is 48.5 Å². The zero-order valence-electron chi connectivity index (χ0n) is 9.04. The van der Waals surface area contributed by atoms with Gasteiger partial charge in [-0.05, 0) is 12.1 Å². The van der Waals surface area contributed by atoms with Crippen molar-refractivity contribution in [2.75, 3.05) is 0 Å². The van der Waals surface area contributed by atoms with Crippen molar-refractivity contribution >= 4 is 0 Å². The Labute approximate surface area is 112 Å². The maximum absolute atomic E-state index is 10.3. The molecule has 0 fully saturated rings. The van der Waals surface area contributed by atoms with E-state index in [9.17, 15) is 10.2 Å². The van der Waals surface area contributed by atoms with E-state index in [1.807, 2.05) is 0 Å². The Morgan fingerprint density at radius 2 is 0.941 bits per heavy atom. The van der Waals surface area contributed by atoms with E-state index in [2.05, 4.69) is 0 Å². The summed E-state index contributed by atoms with van der Waals surface area (Å²) in [6.07, 6.45) is 0. The monoisotopic (exact) mass is 282 g/mol. The molecule has 0 unspecified atom stereocenters. The van der Waals surface area contributed by atoms with Gasteiger partial charge in [0.15, 0.2) is 11.5 Å². The van der Waals surface area contributed by atoms with Gasteiger partial charge in [0.05, 0.1) is 0 Å². The summed E-state index contributed by atoms with van der Waals surface area (Å²) < 4.78 is 0. The number of phenols is 2. The molecule has 0 amide bonds. The van der Waals surface area contributed by atoms with E-state index in [-0.39, 0.29) is 31.0 Å². The third-order valence-corrected chi connectivity index (χ3v) is 1.73. The normalized spacial score (nSPS) is 8.47. The quantitative estimate of drug-likeness (QED) is 0.556. The van der Waals surface area contributed by atoms with Crippen molar-refractivity contribution in [3.8, 4) is 23.0 Å². The number of aromatic hydroxyl groups is 2. The summed E-state index contributed by atoms with van der Waals surface area (Å²) in [6, 6.07) is 11.7. The van der Waals surface area contributed by atoms with Crippen molar-refractivity contribution in [2.45, 2.75) is 0 Å². The summed E-state index contributed by atoms with van der Waals surface area (Å²) in [7, 11) is 0. The first-order valence-electron chi connectivity index (χ1n) is 4.51. The predicted molar refractivity (Wildman–Crippen MR) is 55.1 cm³/mol. The van der Waals surface area contributed by atoms with E-state index in [0.29, 0.717) is 0 Å². The van der Waals surface area contributed by atoms with Crippen molar-refractivity contribution < 1.29 is 39.9 Å². The summed E-state index contributed by atoms with van der Waals surface area (Å²) in [5.74, 6) is -1.03. The van der Waals surface area contributed by atoms with Crippen LogP contribution in [0, 0.1) is 0 Å². The van der Waals surface area contributed by atoms with Crippen LogP contribution < -0.4 is 10.2 Å². The fourth-order valence-electron chi connectivity index (χ4n) is 0.914. The summed E-state index contributed by atoms with van der Waals surface area (Å²) in [4.78, 5) is 0. The van der Waals surface area contributed by atoms with E-state index in [1.165, 1.54) is 24.3 Å². The van der Waals surface area contributed by atoms with E-state index in [4.69, 9.17) is 10.2 Å². The average molecular weight is 284 g/mol. The average Bonchev–Trinajstić information content (AvgIpc) is 2.28. The van der Waals surface area contributed by atoms with E-state index in [1.54, 1.807) is 24.3 Å². The molecule has 17 heavy (non-hydrogen) atoms. The van der Waals surface area contributed by atoms with E-state index < -0.39 is 11.5 Å². The van der Waals surface area contributed by atoms with Crippen LogP contribution in [0.25, 0.3) is 0 Å². The molecule has 2 aromatic carbocycles. The van der Waals surface area contributed by atoms with Gasteiger partial charge in [0.2, 0.25) is 0 Å². The molecule has 4 nitrogen and oxygen atoms in total. The molecule has 0 bridgehead atoms. The van der Waals surface area contributed by atoms with Gasteiger partial charge in [-0.15, -0.1) is 11.5 Å². The molecule has 0 saturated carbocycles. The molecule has 0 saturated heterocycles. The fraction of sp³-hybridized carbons (Fsp3) is 0. The number of hydrogen-bond donors (Lipinski definition) is 2. The first-order valence-corrected chi connectivity index (χ1v) is 4.51. The largest absolute Gasteiger partial charge is 2.00 e. The van der Waals surface area contributed by atoms with Gasteiger partial charge in [-0.1, -0.05) is 36.4 Å². The van der Waals surface area contributed by atoms with Gasteiger partial charge < -0.3 is 20.4 Å². The predicted octanol–water partition coefficient (Wildman–Crippen LogP) is 0.929. The van der Waals surface area contributed by atoms with Crippen LogP contribution in [0.15, 0.2) is 48.5 Å². The number of phenolic OH excluding ortho intramolecular Hbond substituents is 2. The Balaban J connectivity index is 0.000000284. The summed E-state index contributed by atoms with van der Waals surface area (Å²) in [6.45, 7) is 0. The van der Waals surface area contributed by atoms with Crippen LogP contribution in [0.1, 0.15) is 0 Å². The molecule has 0 radical (unpaired) electrons. The van der Waals surface area contributed by atoms with Crippen molar-refractivity contribution in [2.24, 2.45) is 0 Å². The number of para-hydroxylation sites is 4. The Bertz CT molecular complexity index is 374. The Morgan fingerprint density at radius 1 is 0.647 bits per heavy atom. The minimum atomic E-state index is -0.437. The molecule has 0 aliphatic rings. The summed E-state index contributed by atoms with van der Waals surface area (Å²) in [5.41, 5.74) is 0. The molecular weight excluding hydrogens is 274 g/mol. The van der Waals surface area contributed by atoms with Gasteiger partial charge in [-0.3, -0.25) is 0 Å². The molecule has 0 aliphatic heterocycles. The van der Waals surface area contributed by atoms with Gasteiger partial charge in [-0.2, -0.15) is 0 Å². The van der Waals surface area contributed by atoms with Crippen LogP contribution in [-0.4, -0.2) is 10.2 Å². The van der Waals surface area contributed by atoms with Crippen molar-refractivity contribution in [3.63, 3.8) is 0 Å². The van der Waals surface area contributed by atoms with Crippen LogP contribution in [-0.2, 0) is 19.5 Å². The molecule has 5 heteroatoms. The van der Waals surface area contributed by atoms with E-state index >= 15 is 0 Å². The third kappa shape index (κ3) is 5.22. The maximum Gasteiger partial charge on any atom is 2.00 e. The molecule has 2 rings (SSSR count).